The summed E-state index contributed by atoms with van der Waals surface area (Å²) < 4.78 is 15.9. The predicted octanol–water partition coefficient (Wildman–Crippen LogP) is 2.22. The van der Waals surface area contributed by atoms with Crippen LogP contribution in [0.25, 0.3) is 6.08 Å². The van der Waals surface area contributed by atoms with Crippen molar-refractivity contribution >= 4 is 12.0 Å². The van der Waals surface area contributed by atoms with Gasteiger partial charge in [0.05, 0.1) is 6.61 Å². The Morgan fingerprint density at radius 3 is 2.75 bits per heavy atom. The van der Waals surface area contributed by atoms with Gasteiger partial charge in [0, 0.05) is 32.0 Å². The highest BCUT2D eigenvalue weighted by atomic mass is 16.5. The molecule has 0 radical (unpaired) electrons. The molecule has 0 aliphatic rings. The molecule has 20 heavy (non-hydrogen) atoms. The largest absolute Gasteiger partial charge is 0.491 e. The molecule has 0 saturated heterocycles. The summed E-state index contributed by atoms with van der Waals surface area (Å²) >= 11 is 0. The van der Waals surface area contributed by atoms with Crippen LogP contribution in [0.4, 0.5) is 0 Å². The fraction of sp³-hybridized carbons (Fsp3) is 0.400. The number of ether oxygens (including phenoxy) is 3. The first-order valence-corrected chi connectivity index (χ1v) is 6.43. The number of para-hydroxylation sites is 1. The van der Waals surface area contributed by atoms with E-state index in [-0.39, 0.29) is 0 Å². The maximum absolute atomic E-state index is 10.5. The van der Waals surface area contributed by atoms with Gasteiger partial charge in [-0.2, -0.15) is 0 Å². The smallest absolute Gasteiger partial charge is 0.328 e. The van der Waals surface area contributed by atoms with Crippen LogP contribution < -0.4 is 4.74 Å². The predicted molar refractivity (Wildman–Crippen MR) is 75.9 cm³/mol. The van der Waals surface area contributed by atoms with Gasteiger partial charge in [0.25, 0.3) is 0 Å². The second kappa shape index (κ2) is 10.00. The number of methoxy groups -OCH3 is 1. The first-order chi connectivity index (χ1) is 9.74. The molecular formula is C15H20O5. The Bertz CT molecular complexity index is 428. The van der Waals surface area contributed by atoms with Gasteiger partial charge in [-0.15, -0.1) is 0 Å². The molecule has 5 heteroatoms. The van der Waals surface area contributed by atoms with Gasteiger partial charge < -0.3 is 19.3 Å². The zero-order valence-electron chi connectivity index (χ0n) is 11.6. The average molecular weight is 280 g/mol. The van der Waals surface area contributed by atoms with Crippen LogP contribution in [0.5, 0.6) is 5.75 Å². The molecule has 1 aromatic carbocycles. The molecule has 0 amide bonds. The number of aliphatic carboxylic acids is 1. The molecular weight excluding hydrogens is 260 g/mol. The lowest BCUT2D eigenvalue weighted by atomic mass is 10.2. The molecule has 0 saturated carbocycles. The Kier molecular flexibility index (Phi) is 8.10. The van der Waals surface area contributed by atoms with E-state index in [1.165, 1.54) is 6.08 Å². The molecule has 0 aliphatic heterocycles. The number of carboxylic acid groups (broad SMARTS) is 1. The third-order valence-electron chi connectivity index (χ3n) is 2.45. The van der Waals surface area contributed by atoms with Crippen LogP contribution >= 0.6 is 0 Å². The van der Waals surface area contributed by atoms with E-state index in [9.17, 15) is 4.79 Å². The number of hydrogen-bond donors (Lipinski definition) is 1. The van der Waals surface area contributed by atoms with Crippen LogP contribution in [0.15, 0.2) is 30.3 Å². The van der Waals surface area contributed by atoms with Crippen molar-refractivity contribution in [2.24, 2.45) is 0 Å². The minimum atomic E-state index is -0.985. The summed E-state index contributed by atoms with van der Waals surface area (Å²) in [5.41, 5.74) is 0.731. The Morgan fingerprint density at radius 1 is 1.20 bits per heavy atom. The van der Waals surface area contributed by atoms with E-state index in [2.05, 4.69) is 0 Å². The van der Waals surface area contributed by atoms with E-state index < -0.39 is 5.97 Å². The molecule has 1 aromatic rings. The molecule has 0 fully saturated rings. The summed E-state index contributed by atoms with van der Waals surface area (Å²) in [6.45, 7) is 2.23. The van der Waals surface area contributed by atoms with Crippen LogP contribution in [0, 0.1) is 0 Å². The standard InChI is InChI=1S/C15H20O5/c1-18-9-4-10-19-11-12-20-14-6-3-2-5-13(14)7-8-15(16)17/h2-3,5-8H,4,9-12H2,1H3,(H,16,17)/b8-7+. The van der Waals surface area contributed by atoms with Crippen LogP contribution in [0.1, 0.15) is 12.0 Å². The molecule has 1 N–H and O–H groups in total. The van der Waals surface area contributed by atoms with Crippen LogP contribution in [0.2, 0.25) is 0 Å². The summed E-state index contributed by atoms with van der Waals surface area (Å²) in [6.07, 6.45) is 3.45. The number of carboxylic acids is 1. The van der Waals surface area contributed by atoms with Gasteiger partial charge in [0.2, 0.25) is 0 Å². The summed E-state index contributed by atoms with van der Waals surface area (Å²) in [4.78, 5) is 10.5. The highest BCUT2D eigenvalue weighted by Crippen LogP contribution is 2.19. The maximum Gasteiger partial charge on any atom is 0.328 e. The van der Waals surface area contributed by atoms with Crippen molar-refractivity contribution in [3.63, 3.8) is 0 Å². The number of hydrogen-bond acceptors (Lipinski definition) is 4. The van der Waals surface area contributed by atoms with Crippen molar-refractivity contribution in [3.05, 3.63) is 35.9 Å². The molecule has 0 aromatic heterocycles. The monoisotopic (exact) mass is 280 g/mol. The van der Waals surface area contributed by atoms with Crippen molar-refractivity contribution in [2.75, 3.05) is 33.5 Å². The normalized spacial score (nSPS) is 10.8. The first-order valence-electron chi connectivity index (χ1n) is 6.43. The maximum atomic E-state index is 10.5. The first kappa shape index (κ1) is 16.2. The quantitative estimate of drug-likeness (QED) is 0.526. The van der Waals surface area contributed by atoms with Gasteiger partial charge in [-0.1, -0.05) is 18.2 Å². The molecule has 0 spiro atoms. The third-order valence-corrected chi connectivity index (χ3v) is 2.45. The zero-order valence-corrected chi connectivity index (χ0v) is 11.6. The molecule has 0 unspecified atom stereocenters. The van der Waals surface area contributed by atoms with Crippen LogP contribution in [-0.2, 0) is 14.3 Å². The second-order valence-corrected chi connectivity index (χ2v) is 4.02. The molecule has 110 valence electrons. The summed E-state index contributed by atoms with van der Waals surface area (Å²) in [7, 11) is 1.66. The topological polar surface area (TPSA) is 65.0 Å². The van der Waals surface area contributed by atoms with Gasteiger partial charge in [-0.3, -0.25) is 0 Å². The van der Waals surface area contributed by atoms with Gasteiger partial charge in [-0.05, 0) is 18.6 Å². The van der Waals surface area contributed by atoms with E-state index in [0.717, 1.165) is 18.1 Å². The third kappa shape index (κ3) is 6.92. The molecule has 1 rings (SSSR count). The Balaban J connectivity index is 2.34. The molecule has 0 aliphatic carbocycles. The minimum absolute atomic E-state index is 0.422. The van der Waals surface area contributed by atoms with Crippen molar-refractivity contribution in [1.82, 2.24) is 0 Å². The van der Waals surface area contributed by atoms with Crippen LogP contribution in [-0.4, -0.2) is 44.6 Å². The Morgan fingerprint density at radius 2 is 2.00 bits per heavy atom. The van der Waals surface area contributed by atoms with E-state index in [1.807, 2.05) is 12.1 Å². The van der Waals surface area contributed by atoms with Crippen molar-refractivity contribution in [1.29, 1.82) is 0 Å². The fourth-order valence-corrected chi connectivity index (χ4v) is 1.53. The SMILES string of the molecule is COCCCOCCOc1ccccc1/C=C/C(=O)O. The summed E-state index contributed by atoms with van der Waals surface area (Å²) in [6, 6.07) is 7.27. The second-order valence-electron chi connectivity index (χ2n) is 4.02. The zero-order chi connectivity index (χ0) is 14.6. The lowest BCUT2D eigenvalue weighted by Crippen LogP contribution is -2.09. The number of rotatable bonds is 10. The van der Waals surface area contributed by atoms with Gasteiger partial charge in [-0.25, -0.2) is 4.79 Å². The highest BCUT2D eigenvalue weighted by molar-refractivity contribution is 5.85. The molecule has 0 bridgehead atoms. The van der Waals surface area contributed by atoms with Gasteiger partial charge in [0.1, 0.15) is 12.4 Å². The lowest BCUT2D eigenvalue weighted by Gasteiger charge is -2.09. The van der Waals surface area contributed by atoms with Crippen molar-refractivity contribution < 1.29 is 24.1 Å². The summed E-state index contributed by atoms with van der Waals surface area (Å²) in [5.74, 6) is -0.341. The van der Waals surface area contributed by atoms with E-state index in [4.69, 9.17) is 19.3 Å². The molecule has 5 nitrogen and oxygen atoms in total. The number of benzene rings is 1. The van der Waals surface area contributed by atoms with Crippen LogP contribution in [0.3, 0.4) is 0 Å². The Hall–Kier alpha value is -1.85. The minimum Gasteiger partial charge on any atom is -0.491 e. The highest BCUT2D eigenvalue weighted by Gasteiger charge is 2.00. The molecule has 0 heterocycles. The van der Waals surface area contributed by atoms with E-state index >= 15 is 0 Å². The van der Waals surface area contributed by atoms with Crippen molar-refractivity contribution in [3.8, 4) is 5.75 Å². The van der Waals surface area contributed by atoms with Gasteiger partial charge >= 0.3 is 5.97 Å². The lowest BCUT2D eigenvalue weighted by molar-refractivity contribution is -0.131. The van der Waals surface area contributed by atoms with E-state index in [0.29, 0.717) is 32.2 Å². The number of carbonyl (C=O) groups is 1. The molecule has 0 atom stereocenters. The van der Waals surface area contributed by atoms with Crippen molar-refractivity contribution in [2.45, 2.75) is 6.42 Å². The van der Waals surface area contributed by atoms with Gasteiger partial charge in [0.15, 0.2) is 0 Å². The van der Waals surface area contributed by atoms with E-state index in [1.54, 1.807) is 19.2 Å². The Labute approximate surface area is 118 Å². The summed E-state index contributed by atoms with van der Waals surface area (Å²) in [5, 5.41) is 8.62. The average Bonchev–Trinajstić information content (AvgIpc) is 2.45. The fourth-order valence-electron chi connectivity index (χ4n) is 1.53.